The Morgan fingerprint density at radius 1 is 1.27 bits per heavy atom. The summed E-state index contributed by atoms with van der Waals surface area (Å²) >= 11 is 1.46. The minimum absolute atomic E-state index is 0.0747. The minimum atomic E-state index is -1.02. The monoisotopic (exact) mass is 477 g/mol. The Hall–Kier alpha value is -1.00. The molecule has 1 amide bonds. The van der Waals surface area contributed by atoms with Crippen molar-refractivity contribution in [1.82, 2.24) is 4.90 Å². The molecular formula is C20H31NO6S3. The molecule has 0 spiro atoms. The van der Waals surface area contributed by atoms with Gasteiger partial charge in [0.1, 0.15) is 12.6 Å². The highest BCUT2D eigenvalue weighted by molar-refractivity contribution is 8.77. The largest absolute Gasteiger partial charge is 0.460 e. The van der Waals surface area contributed by atoms with E-state index in [2.05, 4.69) is 6.58 Å². The Balaban J connectivity index is 1.75. The zero-order valence-corrected chi connectivity index (χ0v) is 20.2. The molecule has 2 aliphatic heterocycles. The molecule has 0 N–H and O–H groups in total. The van der Waals surface area contributed by atoms with Gasteiger partial charge in [-0.25, -0.2) is 9.59 Å². The van der Waals surface area contributed by atoms with Crippen molar-refractivity contribution in [2.75, 3.05) is 18.2 Å². The molecule has 7 nitrogen and oxygen atoms in total. The highest BCUT2D eigenvalue weighted by Crippen LogP contribution is 2.41. The quantitative estimate of drug-likeness (QED) is 0.147. The van der Waals surface area contributed by atoms with Crippen molar-refractivity contribution in [3.05, 3.63) is 12.7 Å². The maximum absolute atomic E-state index is 12.6. The van der Waals surface area contributed by atoms with E-state index in [1.165, 1.54) is 41.8 Å². The highest BCUT2D eigenvalue weighted by Gasteiger charge is 2.50. The van der Waals surface area contributed by atoms with Gasteiger partial charge in [-0.2, -0.15) is 0 Å². The van der Waals surface area contributed by atoms with Gasteiger partial charge >= 0.3 is 18.0 Å². The number of amides is 1. The lowest BCUT2D eigenvalue weighted by molar-refractivity contribution is -0.167. The second-order valence-corrected chi connectivity index (χ2v) is 12.1. The first-order chi connectivity index (χ1) is 14.2. The number of nitrogens with zero attached hydrogens (tertiary/aromatic N) is 1. The van der Waals surface area contributed by atoms with Gasteiger partial charge in [0.2, 0.25) is 6.29 Å². The Bertz CT molecular complexity index is 624. The molecule has 30 heavy (non-hydrogen) atoms. The van der Waals surface area contributed by atoms with Crippen LogP contribution in [0, 0.1) is 0 Å². The summed E-state index contributed by atoms with van der Waals surface area (Å²) in [7, 11) is 3.85. The zero-order valence-electron chi connectivity index (χ0n) is 17.8. The molecule has 2 fully saturated rings. The van der Waals surface area contributed by atoms with Crippen LogP contribution in [0.25, 0.3) is 0 Å². The standard InChI is InChI=1S/C20H31NO6S3/c1-5-11-25-18(23)17-20(3,4)28-13-21(17)19(24)27-14(2)26-16(22)9-7-6-8-15-10-12-29-30-15/h5,14-15,17H,1,6-13H2,2-4H3/t14?,15-,17?/m0/s1. The molecule has 0 aromatic rings. The van der Waals surface area contributed by atoms with Gasteiger partial charge in [0, 0.05) is 29.1 Å². The molecule has 2 aliphatic rings. The van der Waals surface area contributed by atoms with Crippen LogP contribution < -0.4 is 0 Å². The van der Waals surface area contributed by atoms with Crippen molar-refractivity contribution in [3.8, 4) is 0 Å². The molecule has 2 rings (SSSR count). The third-order valence-electron chi connectivity index (χ3n) is 4.80. The number of hydrogen-bond donors (Lipinski definition) is 0. The first-order valence-electron chi connectivity index (χ1n) is 10.1. The van der Waals surface area contributed by atoms with E-state index in [1.54, 1.807) is 0 Å². The third kappa shape index (κ3) is 7.60. The van der Waals surface area contributed by atoms with Crippen molar-refractivity contribution in [2.24, 2.45) is 0 Å². The van der Waals surface area contributed by atoms with Gasteiger partial charge < -0.3 is 14.2 Å². The Kier molecular flexibility index (Phi) is 10.2. The number of thioether (sulfide) groups is 1. The van der Waals surface area contributed by atoms with Crippen LogP contribution in [0.5, 0.6) is 0 Å². The molecule has 3 atom stereocenters. The van der Waals surface area contributed by atoms with Crippen molar-refractivity contribution < 1.29 is 28.6 Å². The van der Waals surface area contributed by atoms with E-state index in [0.717, 1.165) is 19.3 Å². The van der Waals surface area contributed by atoms with Gasteiger partial charge in [0.05, 0.1) is 5.88 Å². The van der Waals surface area contributed by atoms with E-state index in [0.29, 0.717) is 11.7 Å². The van der Waals surface area contributed by atoms with E-state index in [4.69, 9.17) is 14.2 Å². The number of esters is 2. The summed E-state index contributed by atoms with van der Waals surface area (Å²) in [6, 6.07) is -0.788. The van der Waals surface area contributed by atoms with Crippen molar-refractivity contribution >= 4 is 51.4 Å². The van der Waals surface area contributed by atoms with Gasteiger partial charge in [-0.3, -0.25) is 9.69 Å². The number of carbonyl (C=O) groups is 3. The summed E-state index contributed by atoms with van der Waals surface area (Å²) in [6.07, 6.45) is 4.14. The number of hydrogen-bond acceptors (Lipinski definition) is 9. The van der Waals surface area contributed by atoms with Gasteiger partial charge in [-0.15, -0.1) is 11.8 Å². The average molecular weight is 478 g/mol. The molecule has 0 bridgehead atoms. The lowest BCUT2D eigenvalue weighted by Gasteiger charge is -2.29. The maximum Gasteiger partial charge on any atom is 0.414 e. The summed E-state index contributed by atoms with van der Waals surface area (Å²) in [4.78, 5) is 38.3. The second kappa shape index (κ2) is 12.1. The van der Waals surface area contributed by atoms with Crippen LogP contribution in [0.15, 0.2) is 12.7 Å². The van der Waals surface area contributed by atoms with Crippen molar-refractivity contribution in [2.45, 2.75) is 75.2 Å². The fourth-order valence-corrected chi connectivity index (χ4v) is 7.37. The molecule has 0 radical (unpaired) electrons. The summed E-state index contributed by atoms with van der Waals surface area (Å²) in [5.74, 6) is 0.601. The van der Waals surface area contributed by atoms with E-state index in [-0.39, 0.29) is 18.5 Å². The van der Waals surface area contributed by atoms with E-state index < -0.39 is 29.1 Å². The Morgan fingerprint density at radius 3 is 2.70 bits per heavy atom. The molecule has 2 heterocycles. The van der Waals surface area contributed by atoms with Gasteiger partial charge in [-0.1, -0.05) is 40.7 Å². The SMILES string of the molecule is C=CCOC(=O)C1N(C(=O)OC(C)OC(=O)CCCC[C@H]2CCSS2)CSC1(C)C. The predicted molar refractivity (Wildman–Crippen MR) is 122 cm³/mol. The molecule has 2 unspecified atom stereocenters. The number of rotatable bonds is 10. The van der Waals surface area contributed by atoms with E-state index >= 15 is 0 Å². The predicted octanol–water partition coefficient (Wildman–Crippen LogP) is 4.61. The molecule has 0 saturated carbocycles. The smallest absolute Gasteiger partial charge is 0.414 e. The molecular weight excluding hydrogens is 446 g/mol. The van der Waals surface area contributed by atoms with Crippen LogP contribution >= 0.6 is 33.3 Å². The maximum atomic E-state index is 12.6. The lowest BCUT2D eigenvalue weighted by atomic mass is 10.0. The second-order valence-electron chi connectivity index (χ2n) is 7.68. The van der Waals surface area contributed by atoms with Gasteiger partial charge in [0.25, 0.3) is 0 Å². The number of unbranched alkanes of at least 4 members (excludes halogenated alkanes) is 1. The summed E-state index contributed by atoms with van der Waals surface area (Å²) in [5, 5.41) is 0.694. The van der Waals surface area contributed by atoms with E-state index in [9.17, 15) is 14.4 Å². The van der Waals surface area contributed by atoms with Crippen LogP contribution in [-0.4, -0.2) is 63.5 Å². The lowest BCUT2D eigenvalue weighted by Crippen LogP contribution is -2.50. The number of ether oxygens (including phenoxy) is 3. The number of carbonyl (C=O) groups excluding carboxylic acids is 3. The first-order valence-corrected chi connectivity index (χ1v) is 13.5. The first kappa shape index (κ1) is 25.3. The topological polar surface area (TPSA) is 82.1 Å². The molecule has 0 aliphatic carbocycles. The summed E-state index contributed by atoms with van der Waals surface area (Å²) in [6.45, 7) is 8.85. The van der Waals surface area contributed by atoms with Crippen LogP contribution in [0.1, 0.15) is 52.9 Å². The fourth-order valence-electron chi connectivity index (χ4n) is 3.24. The van der Waals surface area contributed by atoms with Gasteiger partial charge in [-0.05, 0) is 33.1 Å². The van der Waals surface area contributed by atoms with Crippen LogP contribution in [0.4, 0.5) is 4.79 Å². The van der Waals surface area contributed by atoms with Crippen LogP contribution in [0.3, 0.4) is 0 Å². The molecule has 0 aromatic heterocycles. The fraction of sp³-hybridized carbons (Fsp3) is 0.750. The summed E-state index contributed by atoms with van der Waals surface area (Å²) < 4.78 is 15.1. The molecule has 0 aromatic carbocycles. The summed E-state index contributed by atoms with van der Waals surface area (Å²) in [5.41, 5.74) is 0. The Morgan fingerprint density at radius 2 is 2.03 bits per heavy atom. The van der Waals surface area contributed by atoms with E-state index in [1.807, 2.05) is 35.4 Å². The van der Waals surface area contributed by atoms with Crippen LogP contribution in [-0.2, 0) is 23.8 Å². The molecule has 10 heteroatoms. The van der Waals surface area contributed by atoms with Crippen molar-refractivity contribution in [3.63, 3.8) is 0 Å². The zero-order chi connectivity index (χ0) is 22.1. The molecule has 2 saturated heterocycles. The molecule has 170 valence electrons. The van der Waals surface area contributed by atoms with Gasteiger partial charge in [0.15, 0.2) is 0 Å². The highest BCUT2D eigenvalue weighted by atomic mass is 33.1. The Labute approximate surface area is 190 Å². The third-order valence-corrected chi connectivity index (χ3v) is 9.18. The normalized spacial score (nSPS) is 23.6. The minimum Gasteiger partial charge on any atom is -0.460 e. The van der Waals surface area contributed by atoms with Crippen LogP contribution in [0.2, 0.25) is 0 Å². The average Bonchev–Trinajstić information content (AvgIpc) is 3.30. The van der Waals surface area contributed by atoms with Crippen molar-refractivity contribution in [1.29, 1.82) is 0 Å².